The summed E-state index contributed by atoms with van der Waals surface area (Å²) >= 11 is 0. The van der Waals surface area contributed by atoms with Gasteiger partial charge in [0, 0.05) is 6.92 Å². The molecule has 1 aromatic rings. The lowest BCUT2D eigenvalue weighted by Gasteiger charge is -1.97. The van der Waals surface area contributed by atoms with E-state index in [2.05, 4.69) is 21.3 Å². The average molecular weight is 266 g/mol. The van der Waals surface area contributed by atoms with Gasteiger partial charge in [0.15, 0.2) is 10.9 Å². The van der Waals surface area contributed by atoms with Gasteiger partial charge in [0.1, 0.15) is 6.61 Å². The molecule has 1 N–H and O–H groups in total. The van der Waals surface area contributed by atoms with Crippen molar-refractivity contribution in [2.45, 2.75) is 6.92 Å². The Morgan fingerprint density at radius 3 is 2.89 bits per heavy atom. The van der Waals surface area contributed by atoms with Crippen LogP contribution in [0.4, 0.5) is 0 Å². The van der Waals surface area contributed by atoms with Crippen molar-refractivity contribution in [1.29, 1.82) is 5.39 Å². The van der Waals surface area contributed by atoms with Crippen molar-refractivity contribution in [3.8, 4) is 0 Å². The van der Waals surface area contributed by atoms with Gasteiger partial charge < -0.3 is 19.0 Å². The molecule has 19 heavy (non-hydrogen) atoms. The van der Waals surface area contributed by atoms with Gasteiger partial charge in [0.05, 0.1) is 7.11 Å². The highest BCUT2D eigenvalue weighted by Gasteiger charge is 2.35. The monoisotopic (exact) mass is 266 g/mol. The molecule has 0 aromatic carbocycles. The van der Waals surface area contributed by atoms with Gasteiger partial charge in [-0.1, -0.05) is 12.7 Å². The molecule has 0 spiro atoms. The molecular weight excluding hydrogens is 254 g/mol. The zero-order chi connectivity index (χ0) is 14.4. The number of carbonyl (C=O) groups is 1. The van der Waals surface area contributed by atoms with Crippen molar-refractivity contribution in [3.63, 3.8) is 0 Å². The predicted octanol–water partition coefficient (Wildman–Crippen LogP) is 2.01. The molecule has 1 rings (SSSR count). The third kappa shape index (κ3) is 3.10. The number of aryl methyl sites for hydroxylation is 1. The smallest absolute Gasteiger partial charge is 0.475 e. The Balaban J connectivity index is 3.30. The minimum Gasteiger partial charge on any atom is -0.475 e. The maximum atomic E-state index is 11.5. The minimum atomic E-state index is -0.801. The number of diazo groups is 1. The number of aliphatic hydroxyl groups excluding tert-OH is 1. The summed E-state index contributed by atoms with van der Waals surface area (Å²) in [5, 5.41) is 18.5. The SMILES string of the molecule is C=CCO/C(O)=C(\[N+]#N)c1oc(C)nc1C(=O)OC. The molecule has 1 heterocycles. The summed E-state index contributed by atoms with van der Waals surface area (Å²) in [6.07, 6.45) is 1.37. The van der Waals surface area contributed by atoms with Gasteiger partial charge in [-0.3, -0.25) is 0 Å². The summed E-state index contributed by atoms with van der Waals surface area (Å²) in [7, 11) is 1.16. The van der Waals surface area contributed by atoms with Gasteiger partial charge >= 0.3 is 17.6 Å². The van der Waals surface area contributed by atoms with Crippen LogP contribution < -0.4 is 0 Å². The first-order valence-corrected chi connectivity index (χ1v) is 5.13. The fourth-order valence-electron chi connectivity index (χ4n) is 1.21. The fourth-order valence-corrected chi connectivity index (χ4v) is 1.21. The molecular formula is C11H12N3O5+. The number of oxazole rings is 1. The molecule has 0 aliphatic rings. The van der Waals surface area contributed by atoms with E-state index in [0.717, 1.165) is 7.11 Å². The van der Waals surface area contributed by atoms with E-state index in [9.17, 15) is 9.90 Å². The van der Waals surface area contributed by atoms with Crippen molar-refractivity contribution < 1.29 is 23.8 Å². The van der Waals surface area contributed by atoms with Crippen LogP contribution in [0.1, 0.15) is 22.1 Å². The second-order valence-corrected chi connectivity index (χ2v) is 3.26. The zero-order valence-corrected chi connectivity index (χ0v) is 10.4. The van der Waals surface area contributed by atoms with Crippen LogP contribution in [0, 0.1) is 12.3 Å². The van der Waals surface area contributed by atoms with Gasteiger partial charge in [-0.2, -0.15) is 0 Å². The number of carbonyl (C=O) groups excluding carboxylic acids is 1. The van der Waals surface area contributed by atoms with E-state index in [1.807, 2.05) is 0 Å². The van der Waals surface area contributed by atoms with Crippen LogP contribution >= 0.6 is 0 Å². The number of ether oxygens (including phenoxy) is 2. The first-order valence-electron chi connectivity index (χ1n) is 5.13. The van der Waals surface area contributed by atoms with Crippen molar-refractivity contribution >= 4 is 11.7 Å². The Morgan fingerprint density at radius 1 is 1.68 bits per heavy atom. The fraction of sp³-hybridized carbons (Fsp3) is 0.273. The highest BCUT2D eigenvalue weighted by Crippen LogP contribution is 2.25. The van der Waals surface area contributed by atoms with E-state index in [0.29, 0.717) is 0 Å². The van der Waals surface area contributed by atoms with Crippen LogP contribution in [-0.4, -0.2) is 29.8 Å². The van der Waals surface area contributed by atoms with Crippen LogP contribution in [0.25, 0.3) is 10.7 Å². The summed E-state index contributed by atoms with van der Waals surface area (Å²) in [5.41, 5.74) is -0.704. The molecule has 0 amide bonds. The van der Waals surface area contributed by atoms with E-state index < -0.39 is 17.6 Å². The number of rotatable bonds is 5. The molecule has 0 saturated heterocycles. The maximum Gasteiger partial charge on any atom is 0.508 e. The predicted molar refractivity (Wildman–Crippen MR) is 63.4 cm³/mol. The normalized spacial score (nSPS) is 11.2. The molecule has 8 nitrogen and oxygen atoms in total. The molecule has 0 aliphatic heterocycles. The summed E-state index contributed by atoms with van der Waals surface area (Å²) in [5.74, 6) is -1.66. The van der Waals surface area contributed by atoms with Gasteiger partial charge in [-0.05, 0) is 0 Å². The van der Waals surface area contributed by atoms with Crippen LogP contribution in [0.3, 0.4) is 0 Å². The standard InChI is InChI=1S/C11H11N3O5/c1-4-5-18-11(16)8(14-12)9-7(10(15)17-3)13-6(2)19-9/h4H,1,5H2,2-3H3/p+1. The Bertz CT molecular complexity index is 567. The third-order valence-corrected chi connectivity index (χ3v) is 1.97. The highest BCUT2D eigenvalue weighted by atomic mass is 16.6. The highest BCUT2D eigenvalue weighted by molar-refractivity contribution is 5.93. The van der Waals surface area contributed by atoms with E-state index in [1.54, 1.807) is 0 Å². The van der Waals surface area contributed by atoms with E-state index >= 15 is 0 Å². The molecule has 0 atom stereocenters. The Morgan fingerprint density at radius 2 is 2.37 bits per heavy atom. The Kier molecular flexibility index (Phi) is 4.65. The van der Waals surface area contributed by atoms with E-state index in [-0.39, 0.29) is 24.0 Å². The van der Waals surface area contributed by atoms with Crippen molar-refractivity contribution in [2.24, 2.45) is 0 Å². The van der Waals surface area contributed by atoms with Crippen LogP contribution in [-0.2, 0) is 9.47 Å². The molecule has 0 bridgehead atoms. The number of nitrogens with zero attached hydrogens (tertiary/aromatic N) is 3. The molecule has 0 radical (unpaired) electrons. The first-order chi connectivity index (χ1) is 9.04. The topological polar surface area (TPSA) is 110 Å². The number of hydrogen-bond donors (Lipinski definition) is 1. The summed E-state index contributed by atoms with van der Waals surface area (Å²) < 4.78 is 14.4. The molecule has 0 fully saturated rings. The summed E-state index contributed by atoms with van der Waals surface area (Å²) in [6.45, 7) is 4.85. The third-order valence-electron chi connectivity index (χ3n) is 1.97. The van der Waals surface area contributed by atoms with Crippen molar-refractivity contribution in [3.05, 3.63) is 40.9 Å². The lowest BCUT2D eigenvalue weighted by Crippen LogP contribution is -2.05. The lowest BCUT2D eigenvalue weighted by molar-refractivity contribution is 0.0593. The number of aromatic nitrogens is 1. The van der Waals surface area contributed by atoms with Gasteiger partial charge in [0.25, 0.3) is 5.76 Å². The largest absolute Gasteiger partial charge is 0.508 e. The number of methoxy groups -OCH3 is 1. The van der Waals surface area contributed by atoms with E-state index in [1.165, 1.54) is 13.0 Å². The molecule has 8 heteroatoms. The molecule has 100 valence electrons. The first kappa shape index (κ1) is 14.2. The van der Waals surface area contributed by atoms with Gasteiger partial charge in [-0.15, -0.1) is 0 Å². The Labute approximate surface area is 108 Å². The summed E-state index contributed by atoms with van der Waals surface area (Å²) in [6, 6.07) is 0. The second kappa shape index (κ2) is 6.20. The van der Waals surface area contributed by atoms with Gasteiger partial charge in [0.2, 0.25) is 11.1 Å². The van der Waals surface area contributed by atoms with Crippen LogP contribution in [0.5, 0.6) is 0 Å². The average Bonchev–Trinajstić information content (AvgIpc) is 2.78. The zero-order valence-electron chi connectivity index (χ0n) is 10.4. The second-order valence-electron chi connectivity index (χ2n) is 3.26. The number of aliphatic hydroxyl groups is 1. The number of esters is 1. The molecule has 0 aliphatic carbocycles. The minimum absolute atomic E-state index is 0.0223. The Hall–Kier alpha value is -2.82. The maximum absolute atomic E-state index is 11.5. The van der Waals surface area contributed by atoms with Gasteiger partial charge in [-0.25, -0.2) is 9.78 Å². The molecule has 1 aromatic heterocycles. The summed E-state index contributed by atoms with van der Waals surface area (Å²) in [4.78, 5) is 18.1. The van der Waals surface area contributed by atoms with Crippen LogP contribution in [0.2, 0.25) is 0 Å². The van der Waals surface area contributed by atoms with E-state index in [4.69, 9.17) is 14.5 Å². The van der Waals surface area contributed by atoms with Crippen LogP contribution in [0.15, 0.2) is 23.0 Å². The lowest BCUT2D eigenvalue weighted by atomic mass is 10.3. The molecule has 0 saturated carbocycles. The molecule has 0 unspecified atom stereocenters. The number of hydrogen-bond acceptors (Lipinski definition) is 7. The quantitative estimate of drug-likeness (QED) is 0.375. The van der Waals surface area contributed by atoms with Crippen molar-refractivity contribution in [1.82, 2.24) is 4.98 Å². The van der Waals surface area contributed by atoms with Crippen molar-refractivity contribution in [2.75, 3.05) is 13.7 Å².